The van der Waals surface area contributed by atoms with Crippen molar-refractivity contribution in [3.63, 3.8) is 0 Å². The lowest BCUT2D eigenvalue weighted by Crippen LogP contribution is -2.06. The molecule has 1 heterocycles. The van der Waals surface area contributed by atoms with Gasteiger partial charge >= 0.3 is 5.97 Å². The second-order valence-electron chi connectivity index (χ2n) is 4.15. The Morgan fingerprint density at radius 1 is 1.26 bits per heavy atom. The lowest BCUT2D eigenvalue weighted by atomic mass is 10.1. The summed E-state index contributed by atoms with van der Waals surface area (Å²) in [5.74, 6) is -0.330. The molecule has 0 aliphatic heterocycles. The van der Waals surface area contributed by atoms with E-state index in [0.717, 1.165) is 5.69 Å². The molecule has 1 aromatic heterocycles. The van der Waals surface area contributed by atoms with Crippen LogP contribution in [0.1, 0.15) is 21.6 Å². The molecule has 4 nitrogen and oxygen atoms in total. The van der Waals surface area contributed by atoms with Gasteiger partial charge in [0.25, 0.3) is 0 Å². The highest BCUT2D eigenvalue weighted by Crippen LogP contribution is 2.21. The van der Waals surface area contributed by atoms with E-state index < -0.39 is 5.97 Å². The number of carboxylic acids is 1. The maximum absolute atomic E-state index is 11.0. The van der Waals surface area contributed by atoms with Crippen LogP contribution in [0.15, 0.2) is 42.6 Å². The second kappa shape index (κ2) is 6.00. The van der Waals surface area contributed by atoms with Gasteiger partial charge in [0.05, 0.1) is 12.2 Å². The first-order valence-corrected chi connectivity index (χ1v) is 6.04. The molecule has 0 aliphatic carbocycles. The fourth-order valence-corrected chi connectivity index (χ4v) is 1.81. The van der Waals surface area contributed by atoms with Gasteiger partial charge < -0.3 is 9.84 Å². The Morgan fingerprint density at radius 2 is 2.11 bits per heavy atom. The van der Waals surface area contributed by atoms with Gasteiger partial charge in [0.15, 0.2) is 0 Å². The molecule has 0 fully saturated rings. The number of aromatic carboxylic acids is 1. The van der Waals surface area contributed by atoms with Gasteiger partial charge in [-0.25, -0.2) is 4.79 Å². The van der Waals surface area contributed by atoms with E-state index >= 15 is 0 Å². The van der Waals surface area contributed by atoms with Gasteiger partial charge in [-0.15, -0.1) is 0 Å². The lowest BCUT2D eigenvalue weighted by molar-refractivity contribution is 0.0695. The molecular formula is C15H15NO3. The third-order valence-corrected chi connectivity index (χ3v) is 2.86. The summed E-state index contributed by atoms with van der Waals surface area (Å²) in [6, 6.07) is 10.8. The van der Waals surface area contributed by atoms with E-state index in [9.17, 15) is 4.79 Å². The molecule has 1 aromatic carbocycles. The van der Waals surface area contributed by atoms with Crippen molar-refractivity contribution in [2.45, 2.75) is 13.3 Å². The van der Waals surface area contributed by atoms with Crippen LogP contribution in [0, 0.1) is 6.92 Å². The maximum Gasteiger partial charge on any atom is 0.336 e. The van der Waals surface area contributed by atoms with Crippen LogP contribution in [0.4, 0.5) is 0 Å². The first-order chi connectivity index (χ1) is 9.18. The minimum absolute atomic E-state index is 0.273. The summed E-state index contributed by atoms with van der Waals surface area (Å²) < 4.78 is 5.63. The molecule has 0 atom stereocenters. The molecule has 0 spiro atoms. The van der Waals surface area contributed by atoms with Gasteiger partial charge in [0.2, 0.25) is 0 Å². The molecule has 0 aliphatic rings. The molecule has 2 aromatic rings. The Bertz CT molecular complexity index is 567. The molecule has 1 N–H and O–H groups in total. The topological polar surface area (TPSA) is 59.4 Å². The average molecular weight is 257 g/mol. The summed E-state index contributed by atoms with van der Waals surface area (Å²) in [5.41, 5.74) is 1.88. The molecule has 0 saturated heterocycles. The predicted octanol–water partition coefficient (Wildman–Crippen LogP) is 2.71. The summed E-state index contributed by atoms with van der Waals surface area (Å²) in [6.45, 7) is 2.22. The Labute approximate surface area is 111 Å². The fraction of sp³-hybridized carbons (Fsp3) is 0.200. The number of carbonyl (C=O) groups is 1. The van der Waals surface area contributed by atoms with Crippen molar-refractivity contribution >= 4 is 5.97 Å². The van der Waals surface area contributed by atoms with Crippen LogP contribution in [0.25, 0.3) is 0 Å². The summed E-state index contributed by atoms with van der Waals surface area (Å²) in [5, 5.41) is 9.03. The highest BCUT2D eigenvalue weighted by atomic mass is 16.5. The Hall–Kier alpha value is -2.36. The first kappa shape index (κ1) is 13.1. The number of pyridine rings is 1. The third-order valence-electron chi connectivity index (χ3n) is 2.86. The molecule has 0 amide bonds. The Kier molecular flexibility index (Phi) is 4.13. The van der Waals surface area contributed by atoms with E-state index in [1.807, 2.05) is 18.2 Å². The van der Waals surface area contributed by atoms with E-state index in [2.05, 4.69) is 4.98 Å². The van der Waals surface area contributed by atoms with Crippen molar-refractivity contribution in [1.82, 2.24) is 4.98 Å². The van der Waals surface area contributed by atoms with Crippen molar-refractivity contribution in [1.29, 1.82) is 0 Å². The van der Waals surface area contributed by atoms with Crippen molar-refractivity contribution in [3.8, 4) is 5.75 Å². The zero-order valence-electron chi connectivity index (χ0n) is 10.7. The monoisotopic (exact) mass is 257 g/mol. The first-order valence-electron chi connectivity index (χ1n) is 6.04. The molecule has 19 heavy (non-hydrogen) atoms. The molecule has 0 radical (unpaired) electrons. The Morgan fingerprint density at radius 3 is 2.79 bits per heavy atom. The van der Waals surface area contributed by atoms with Crippen LogP contribution in [0.5, 0.6) is 5.75 Å². The van der Waals surface area contributed by atoms with Gasteiger partial charge in [-0.3, -0.25) is 4.98 Å². The molecule has 98 valence electrons. The second-order valence-corrected chi connectivity index (χ2v) is 4.15. The number of hydrogen-bond acceptors (Lipinski definition) is 3. The van der Waals surface area contributed by atoms with E-state index in [1.165, 1.54) is 0 Å². The number of ether oxygens (including phenoxy) is 1. The van der Waals surface area contributed by atoms with Crippen LogP contribution in [0.3, 0.4) is 0 Å². The fourth-order valence-electron chi connectivity index (χ4n) is 1.81. The number of benzene rings is 1. The van der Waals surface area contributed by atoms with Crippen LogP contribution >= 0.6 is 0 Å². The largest absolute Gasteiger partial charge is 0.493 e. The number of carboxylic acid groups (broad SMARTS) is 1. The van der Waals surface area contributed by atoms with E-state index in [4.69, 9.17) is 9.84 Å². The van der Waals surface area contributed by atoms with E-state index in [0.29, 0.717) is 24.3 Å². The van der Waals surface area contributed by atoms with Crippen LogP contribution in [-0.2, 0) is 6.42 Å². The molecular weight excluding hydrogens is 242 g/mol. The number of aromatic nitrogens is 1. The lowest BCUT2D eigenvalue weighted by Gasteiger charge is -2.10. The SMILES string of the molecule is Cc1c(OCCc2ccccn2)cccc1C(=O)O. The molecule has 2 rings (SSSR count). The highest BCUT2D eigenvalue weighted by molar-refractivity contribution is 5.90. The van der Waals surface area contributed by atoms with Crippen molar-refractivity contribution in [3.05, 3.63) is 59.4 Å². The summed E-state index contributed by atoms with van der Waals surface area (Å²) >= 11 is 0. The summed E-state index contributed by atoms with van der Waals surface area (Å²) in [7, 11) is 0. The van der Waals surface area contributed by atoms with Crippen LogP contribution < -0.4 is 4.74 Å². The molecule has 0 saturated carbocycles. The molecule has 0 bridgehead atoms. The van der Waals surface area contributed by atoms with Crippen molar-refractivity contribution < 1.29 is 14.6 Å². The third kappa shape index (κ3) is 3.31. The number of nitrogens with zero attached hydrogens (tertiary/aromatic N) is 1. The minimum Gasteiger partial charge on any atom is -0.493 e. The highest BCUT2D eigenvalue weighted by Gasteiger charge is 2.10. The summed E-state index contributed by atoms with van der Waals surface area (Å²) in [4.78, 5) is 15.2. The van der Waals surface area contributed by atoms with Gasteiger partial charge in [-0.1, -0.05) is 12.1 Å². The number of rotatable bonds is 5. The molecule has 4 heteroatoms. The van der Waals surface area contributed by atoms with Gasteiger partial charge in [-0.2, -0.15) is 0 Å². The predicted molar refractivity (Wildman–Crippen MR) is 71.6 cm³/mol. The van der Waals surface area contributed by atoms with Crippen LogP contribution in [-0.4, -0.2) is 22.7 Å². The quantitative estimate of drug-likeness (QED) is 0.894. The summed E-state index contributed by atoms with van der Waals surface area (Å²) in [6.07, 6.45) is 2.43. The molecule has 0 unspecified atom stereocenters. The van der Waals surface area contributed by atoms with Gasteiger partial charge in [0.1, 0.15) is 5.75 Å². The van der Waals surface area contributed by atoms with E-state index in [-0.39, 0.29) is 5.56 Å². The normalized spacial score (nSPS) is 10.2. The minimum atomic E-state index is -0.937. The van der Waals surface area contributed by atoms with Gasteiger partial charge in [0, 0.05) is 23.9 Å². The zero-order chi connectivity index (χ0) is 13.7. The van der Waals surface area contributed by atoms with Gasteiger partial charge in [-0.05, 0) is 31.2 Å². The van der Waals surface area contributed by atoms with Crippen LogP contribution in [0.2, 0.25) is 0 Å². The number of hydrogen-bond donors (Lipinski definition) is 1. The van der Waals surface area contributed by atoms with Crippen molar-refractivity contribution in [2.75, 3.05) is 6.61 Å². The smallest absolute Gasteiger partial charge is 0.336 e. The van der Waals surface area contributed by atoms with Crippen molar-refractivity contribution in [2.24, 2.45) is 0 Å². The average Bonchev–Trinajstić information content (AvgIpc) is 2.41. The zero-order valence-corrected chi connectivity index (χ0v) is 10.7. The Balaban J connectivity index is 2.00. The van der Waals surface area contributed by atoms with E-state index in [1.54, 1.807) is 31.3 Å². The maximum atomic E-state index is 11.0. The standard InChI is InChI=1S/C15H15NO3/c1-11-13(15(17)18)6-4-7-14(11)19-10-8-12-5-2-3-9-16-12/h2-7,9H,8,10H2,1H3,(H,17,18).